The predicted molar refractivity (Wildman–Crippen MR) is 131 cm³/mol. The van der Waals surface area contributed by atoms with Crippen molar-refractivity contribution in [2.45, 2.75) is 34.1 Å². The molecule has 0 amide bonds. The van der Waals surface area contributed by atoms with Crippen LogP contribution in [0.1, 0.15) is 25.3 Å². The van der Waals surface area contributed by atoms with Crippen molar-refractivity contribution < 1.29 is 31.2 Å². The highest BCUT2D eigenvalue weighted by Crippen LogP contribution is 2.41. The minimum Gasteiger partial charge on any atom is -0.465 e. The van der Waals surface area contributed by atoms with Crippen LogP contribution >= 0.6 is 0 Å². The summed E-state index contributed by atoms with van der Waals surface area (Å²) in [4.78, 5) is 25.3. The number of rotatable bonds is 10. The van der Waals surface area contributed by atoms with E-state index in [-0.39, 0.29) is 22.0 Å². The molecule has 2 unspecified atom stereocenters. The number of carbonyl (C=O) groups excluding carboxylic acids is 2. The maximum Gasteiger partial charge on any atom is 0.317 e. The predicted octanol–water partition coefficient (Wildman–Crippen LogP) is 3.81. The summed E-state index contributed by atoms with van der Waals surface area (Å²) in [6, 6.07) is 22.1. The summed E-state index contributed by atoms with van der Waals surface area (Å²) in [6.45, 7) is 2.61. The van der Waals surface area contributed by atoms with Crippen molar-refractivity contribution in [1.82, 2.24) is 0 Å². The van der Waals surface area contributed by atoms with Crippen molar-refractivity contribution in [2.24, 2.45) is 5.92 Å². The van der Waals surface area contributed by atoms with Crippen LogP contribution in [0, 0.1) is 5.92 Å². The lowest BCUT2D eigenvalue weighted by atomic mass is 9.84. The zero-order chi connectivity index (χ0) is 25.6. The van der Waals surface area contributed by atoms with E-state index in [9.17, 15) is 26.4 Å². The van der Waals surface area contributed by atoms with Crippen molar-refractivity contribution in [3.05, 3.63) is 96.6 Å². The molecular weight excluding hydrogens is 488 g/mol. The lowest BCUT2D eigenvalue weighted by Crippen LogP contribution is -2.44. The van der Waals surface area contributed by atoms with E-state index in [0.717, 1.165) is 6.92 Å². The summed E-state index contributed by atoms with van der Waals surface area (Å²) in [5.74, 6) is -4.92. The largest absolute Gasteiger partial charge is 0.465 e. The minimum atomic E-state index is -4.63. The highest BCUT2D eigenvalue weighted by molar-refractivity contribution is 8.09. The first-order valence-corrected chi connectivity index (χ1v) is 14.0. The van der Waals surface area contributed by atoms with Gasteiger partial charge < -0.3 is 4.74 Å². The smallest absolute Gasteiger partial charge is 0.317 e. The molecule has 3 rings (SSSR count). The second-order valence-corrected chi connectivity index (χ2v) is 12.3. The molecule has 0 heterocycles. The van der Waals surface area contributed by atoms with E-state index >= 15 is 0 Å². The van der Waals surface area contributed by atoms with Crippen LogP contribution in [0.2, 0.25) is 0 Å². The molecule has 0 aliphatic heterocycles. The first kappa shape index (κ1) is 26.3. The quantitative estimate of drug-likeness (QED) is 0.299. The molecule has 2 atom stereocenters. The van der Waals surface area contributed by atoms with Gasteiger partial charge in [0.15, 0.2) is 24.3 Å². The molecule has 0 bridgehead atoms. The standard InChI is InChI=1S/C26H26O7S2/c1-3-33-25(28)23(19(2)27)24(20-13-7-4-8-14-20)26(34(29,30)21-15-9-5-10-16-21)35(31,32)22-17-11-6-12-18-22/h4-18,23-24,26H,3H2,1-2H3. The molecule has 0 radical (unpaired) electrons. The second-order valence-electron chi connectivity index (χ2n) is 7.86. The summed E-state index contributed by atoms with van der Waals surface area (Å²) < 4.78 is 59.1. The highest BCUT2D eigenvalue weighted by Gasteiger charge is 2.52. The monoisotopic (exact) mass is 514 g/mol. The van der Waals surface area contributed by atoms with Crippen LogP contribution in [0.25, 0.3) is 0 Å². The van der Waals surface area contributed by atoms with Gasteiger partial charge in [0.1, 0.15) is 11.7 Å². The van der Waals surface area contributed by atoms with Gasteiger partial charge in [0.25, 0.3) is 0 Å². The fourth-order valence-corrected chi connectivity index (χ4v) is 9.03. The van der Waals surface area contributed by atoms with Crippen molar-refractivity contribution in [1.29, 1.82) is 0 Å². The Balaban J connectivity index is 2.41. The number of hydrogen-bond donors (Lipinski definition) is 0. The Kier molecular flexibility index (Phi) is 8.24. The Morgan fingerprint density at radius 1 is 0.714 bits per heavy atom. The normalized spacial score (nSPS) is 13.7. The molecule has 35 heavy (non-hydrogen) atoms. The number of benzene rings is 3. The molecule has 0 N–H and O–H groups in total. The number of sulfone groups is 2. The molecule has 0 aliphatic carbocycles. The molecule has 9 heteroatoms. The molecule has 3 aromatic rings. The lowest BCUT2D eigenvalue weighted by Gasteiger charge is -2.31. The van der Waals surface area contributed by atoms with Crippen molar-refractivity contribution in [2.75, 3.05) is 6.61 Å². The molecule has 0 spiro atoms. The van der Waals surface area contributed by atoms with Crippen LogP contribution in [-0.4, -0.2) is 39.8 Å². The molecule has 7 nitrogen and oxygen atoms in total. The highest BCUT2D eigenvalue weighted by atomic mass is 32.3. The second kappa shape index (κ2) is 11.0. The molecule has 0 saturated carbocycles. The van der Waals surface area contributed by atoms with E-state index in [0.29, 0.717) is 0 Å². The van der Waals surface area contributed by atoms with E-state index in [1.165, 1.54) is 60.7 Å². The van der Waals surface area contributed by atoms with Gasteiger partial charge in [0.05, 0.1) is 16.4 Å². The lowest BCUT2D eigenvalue weighted by molar-refractivity contribution is -0.151. The Bertz CT molecular complexity index is 1300. The Hall–Kier alpha value is -3.30. The molecule has 0 fully saturated rings. The van der Waals surface area contributed by atoms with Gasteiger partial charge in [-0.15, -0.1) is 0 Å². The summed E-state index contributed by atoms with van der Waals surface area (Å²) in [5.41, 5.74) is 0.213. The minimum absolute atomic E-state index is 0.0638. The molecule has 184 valence electrons. The van der Waals surface area contributed by atoms with Crippen LogP contribution in [0.4, 0.5) is 0 Å². The molecule has 3 aromatic carbocycles. The first-order chi connectivity index (χ1) is 16.6. The van der Waals surface area contributed by atoms with Gasteiger partial charge in [-0.3, -0.25) is 9.59 Å². The average Bonchev–Trinajstić information content (AvgIpc) is 2.85. The fourth-order valence-electron chi connectivity index (χ4n) is 4.02. The topological polar surface area (TPSA) is 112 Å². The maximum atomic E-state index is 14.0. The third kappa shape index (κ3) is 5.52. The van der Waals surface area contributed by atoms with E-state index in [1.807, 2.05) is 0 Å². The van der Waals surface area contributed by atoms with Gasteiger partial charge in [-0.25, -0.2) is 16.8 Å². The Labute approximate surface area is 205 Å². The van der Waals surface area contributed by atoms with E-state index in [2.05, 4.69) is 0 Å². The molecule has 0 aliphatic rings. The average molecular weight is 515 g/mol. The summed E-state index contributed by atoms with van der Waals surface area (Å²) in [5, 5.41) is 0. The van der Waals surface area contributed by atoms with E-state index in [1.54, 1.807) is 37.3 Å². The van der Waals surface area contributed by atoms with E-state index in [4.69, 9.17) is 4.74 Å². The van der Waals surface area contributed by atoms with Crippen LogP contribution in [0.5, 0.6) is 0 Å². The summed E-state index contributed by atoms with van der Waals surface area (Å²) in [7, 11) is -9.26. The van der Waals surface area contributed by atoms with Gasteiger partial charge in [-0.2, -0.15) is 0 Å². The number of ether oxygens (including phenoxy) is 1. The van der Waals surface area contributed by atoms with Crippen LogP contribution in [-0.2, 0) is 34.0 Å². The zero-order valence-electron chi connectivity index (χ0n) is 19.3. The van der Waals surface area contributed by atoms with Crippen molar-refractivity contribution in [3.63, 3.8) is 0 Å². The number of esters is 1. The Morgan fingerprint density at radius 2 is 1.11 bits per heavy atom. The van der Waals surface area contributed by atoms with Gasteiger partial charge in [0, 0.05) is 5.92 Å². The number of Topliss-reactive ketones (excluding diaryl/α,β-unsaturated/α-hetero) is 1. The third-order valence-corrected chi connectivity index (χ3v) is 10.8. The fraction of sp³-hybridized carbons (Fsp3) is 0.231. The van der Waals surface area contributed by atoms with Crippen LogP contribution in [0.3, 0.4) is 0 Å². The maximum absolute atomic E-state index is 14.0. The summed E-state index contributed by atoms with van der Waals surface area (Å²) >= 11 is 0. The van der Waals surface area contributed by atoms with Gasteiger partial charge in [-0.1, -0.05) is 66.7 Å². The Morgan fingerprint density at radius 3 is 1.49 bits per heavy atom. The number of hydrogen-bond acceptors (Lipinski definition) is 7. The van der Waals surface area contributed by atoms with Gasteiger partial charge >= 0.3 is 5.97 Å². The van der Waals surface area contributed by atoms with Crippen LogP contribution in [0.15, 0.2) is 101 Å². The number of ketones is 1. The van der Waals surface area contributed by atoms with Gasteiger partial charge in [-0.05, 0) is 43.7 Å². The van der Waals surface area contributed by atoms with E-state index < -0.39 is 47.8 Å². The molecule has 0 saturated heterocycles. The summed E-state index contributed by atoms with van der Waals surface area (Å²) in [6.07, 6.45) is 0. The number of carbonyl (C=O) groups is 2. The first-order valence-electron chi connectivity index (χ1n) is 10.9. The van der Waals surface area contributed by atoms with Crippen molar-refractivity contribution in [3.8, 4) is 0 Å². The zero-order valence-corrected chi connectivity index (χ0v) is 20.9. The van der Waals surface area contributed by atoms with Crippen molar-refractivity contribution >= 4 is 31.4 Å². The van der Waals surface area contributed by atoms with Crippen LogP contribution < -0.4 is 0 Å². The van der Waals surface area contributed by atoms with Gasteiger partial charge in [0.2, 0.25) is 0 Å². The third-order valence-electron chi connectivity index (χ3n) is 5.57. The molecular formula is C26H26O7S2. The molecule has 0 aromatic heterocycles. The SMILES string of the molecule is CCOC(=O)C(C(C)=O)C(c1ccccc1)C(S(=O)(=O)c1ccccc1)S(=O)(=O)c1ccccc1.